The number of nitrogens with zero attached hydrogens (tertiary/aromatic N) is 3. The van der Waals surface area contributed by atoms with Crippen LogP contribution in [0.5, 0.6) is 0 Å². The lowest BCUT2D eigenvalue weighted by molar-refractivity contribution is -0.116. The molecule has 0 saturated carbocycles. The summed E-state index contributed by atoms with van der Waals surface area (Å²) in [7, 11) is 0. The summed E-state index contributed by atoms with van der Waals surface area (Å²) < 4.78 is 2.35. The summed E-state index contributed by atoms with van der Waals surface area (Å²) >= 11 is 5.95. The lowest BCUT2D eigenvalue weighted by Crippen LogP contribution is -2.42. The molecule has 30 heavy (non-hydrogen) atoms. The van der Waals surface area contributed by atoms with E-state index in [9.17, 15) is 14.4 Å². The molecule has 150 valence electrons. The largest absolute Gasteiger partial charge is 0.332 e. The number of carbonyl (C=O) groups is 1. The Morgan fingerprint density at radius 1 is 0.967 bits per heavy atom. The smallest absolute Gasteiger partial charge is 0.324 e. The van der Waals surface area contributed by atoms with Crippen LogP contribution < -0.4 is 16.6 Å². The van der Waals surface area contributed by atoms with Gasteiger partial charge in [0.2, 0.25) is 5.91 Å². The molecule has 8 heteroatoms. The van der Waals surface area contributed by atoms with Crippen LogP contribution >= 0.6 is 11.6 Å². The van der Waals surface area contributed by atoms with E-state index in [0.717, 1.165) is 10.1 Å². The fraction of sp³-hybridized carbons (Fsp3) is 0.0909. The number of carbonyl (C=O) groups excluding carboxylic acids is 1. The minimum atomic E-state index is -0.578. The standard InChI is InChI=1S/C22H17ClN4O3/c23-16-8-4-9-17(12-16)25-19(28)14-26-18-10-5-11-24-20(18)21(29)27(22(26)30)13-15-6-2-1-3-7-15/h1-12H,13-14H2,(H,25,28). The maximum Gasteiger partial charge on any atom is 0.332 e. The van der Waals surface area contributed by atoms with Crippen molar-refractivity contribution in [1.29, 1.82) is 0 Å². The average Bonchev–Trinajstić information content (AvgIpc) is 2.75. The van der Waals surface area contributed by atoms with Gasteiger partial charge in [0.05, 0.1) is 12.1 Å². The maximum atomic E-state index is 13.1. The third-order valence-electron chi connectivity index (χ3n) is 4.58. The monoisotopic (exact) mass is 420 g/mol. The molecule has 2 heterocycles. The van der Waals surface area contributed by atoms with E-state index < -0.39 is 17.2 Å². The molecule has 0 fully saturated rings. The van der Waals surface area contributed by atoms with Crippen molar-refractivity contribution in [3.8, 4) is 0 Å². The summed E-state index contributed by atoms with van der Waals surface area (Å²) in [5, 5.41) is 3.20. The van der Waals surface area contributed by atoms with Gasteiger partial charge in [0.25, 0.3) is 5.56 Å². The van der Waals surface area contributed by atoms with Gasteiger partial charge in [-0.1, -0.05) is 48.0 Å². The highest BCUT2D eigenvalue weighted by molar-refractivity contribution is 6.30. The number of benzene rings is 2. The Labute approximate surface area is 176 Å². The van der Waals surface area contributed by atoms with Crippen LogP contribution in [0.15, 0.2) is 82.5 Å². The fourth-order valence-corrected chi connectivity index (χ4v) is 3.40. The van der Waals surface area contributed by atoms with Crippen LogP contribution in [0, 0.1) is 0 Å². The van der Waals surface area contributed by atoms with Crippen molar-refractivity contribution in [3.05, 3.63) is 104 Å². The van der Waals surface area contributed by atoms with Crippen molar-refractivity contribution in [3.63, 3.8) is 0 Å². The predicted octanol–water partition coefficient (Wildman–Crippen LogP) is 2.90. The number of nitrogens with one attached hydrogen (secondary N) is 1. The number of fused-ring (bicyclic) bond motifs is 1. The Kier molecular flexibility index (Phi) is 5.45. The number of rotatable bonds is 5. The summed E-state index contributed by atoms with van der Waals surface area (Å²) in [6, 6.07) is 19.1. The van der Waals surface area contributed by atoms with Gasteiger partial charge in [-0.25, -0.2) is 9.78 Å². The van der Waals surface area contributed by atoms with Crippen LogP contribution in [0.1, 0.15) is 5.56 Å². The molecular formula is C22H17ClN4O3. The van der Waals surface area contributed by atoms with E-state index in [1.165, 1.54) is 10.8 Å². The van der Waals surface area contributed by atoms with Crippen LogP contribution in [0.25, 0.3) is 11.0 Å². The van der Waals surface area contributed by atoms with Gasteiger partial charge in [0.1, 0.15) is 6.54 Å². The first-order chi connectivity index (χ1) is 14.5. The second-order valence-electron chi connectivity index (χ2n) is 6.68. The molecule has 4 aromatic rings. The van der Waals surface area contributed by atoms with E-state index in [1.807, 2.05) is 30.3 Å². The summed E-state index contributed by atoms with van der Waals surface area (Å²) in [4.78, 5) is 42.8. The van der Waals surface area contributed by atoms with Gasteiger partial charge >= 0.3 is 5.69 Å². The molecule has 0 aliphatic heterocycles. The number of pyridine rings is 1. The number of hydrogen-bond acceptors (Lipinski definition) is 4. The molecule has 2 aromatic carbocycles. The highest BCUT2D eigenvalue weighted by Gasteiger charge is 2.16. The van der Waals surface area contributed by atoms with Gasteiger partial charge in [-0.3, -0.25) is 18.7 Å². The molecule has 4 rings (SSSR count). The first kappa shape index (κ1) is 19.6. The summed E-state index contributed by atoms with van der Waals surface area (Å²) in [6.07, 6.45) is 1.48. The Morgan fingerprint density at radius 3 is 2.53 bits per heavy atom. The van der Waals surface area contributed by atoms with E-state index in [2.05, 4.69) is 10.3 Å². The normalized spacial score (nSPS) is 10.8. The number of aromatic nitrogens is 3. The SMILES string of the molecule is O=C(Cn1c(=O)n(Cc2ccccc2)c(=O)c2ncccc21)Nc1cccc(Cl)c1. The summed E-state index contributed by atoms with van der Waals surface area (Å²) in [6.45, 7) is -0.191. The zero-order chi connectivity index (χ0) is 21.1. The molecule has 0 radical (unpaired) electrons. The zero-order valence-electron chi connectivity index (χ0n) is 15.8. The molecule has 0 aliphatic carbocycles. The number of anilines is 1. The van der Waals surface area contributed by atoms with E-state index in [0.29, 0.717) is 16.2 Å². The second-order valence-corrected chi connectivity index (χ2v) is 7.11. The molecule has 1 amide bonds. The van der Waals surface area contributed by atoms with Gasteiger partial charge in [0.15, 0.2) is 5.52 Å². The first-order valence-corrected chi connectivity index (χ1v) is 9.58. The molecule has 0 spiro atoms. The molecule has 0 bridgehead atoms. The van der Waals surface area contributed by atoms with Crippen molar-refractivity contribution in [2.75, 3.05) is 5.32 Å². The van der Waals surface area contributed by atoms with Crippen LogP contribution in [0.2, 0.25) is 5.02 Å². The lowest BCUT2D eigenvalue weighted by atomic mass is 10.2. The third kappa shape index (κ3) is 4.01. The Bertz CT molecular complexity index is 1350. The van der Waals surface area contributed by atoms with E-state index in [-0.39, 0.29) is 18.6 Å². The lowest BCUT2D eigenvalue weighted by Gasteiger charge is -2.14. The van der Waals surface area contributed by atoms with Crippen molar-refractivity contribution in [2.45, 2.75) is 13.1 Å². The van der Waals surface area contributed by atoms with Crippen molar-refractivity contribution in [1.82, 2.24) is 14.1 Å². The molecule has 0 aliphatic rings. The van der Waals surface area contributed by atoms with Gasteiger partial charge in [-0.2, -0.15) is 0 Å². The van der Waals surface area contributed by atoms with Gasteiger partial charge < -0.3 is 5.32 Å². The van der Waals surface area contributed by atoms with Crippen molar-refractivity contribution in [2.24, 2.45) is 0 Å². The van der Waals surface area contributed by atoms with Crippen molar-refractivity contribution >= 4 is 34.2 Å². The molecule has 1 N–H and O–H groups in total. The quantitative estimate of drug-likeness (QED) is 0.538. The van der Waals surface area contributed by atoms with Gasteiger partial charge in [-0.15, -0.1) is 0 Å². The van der Waals surface area contributed by atoms with Crippen LogP contribution in [0.4, 0.5) is 5.69 Å². The molecule has 0 unspecified atom stereocenters. The van der Waals surface area contributed by atoms with Crippen LogP contribution in [-0.4, -0.2) is 20.0 Å². The zero-order valence-corrected chi connectivity index (χ0v) is 16.5. The van der Waals surface area contributed by atoms with E-state index >= 15 is 0 Å². The predicted molar refractivity (Wildman–Crippen MR) is 116 cm³/mol. The Morgan fingerprint density at radius 2 is 1.77 bits per heavy atom. The number of amides is 1. The van der Waals surface area contributed by atoms with E-state index in [4.69, 9.17) is 11.6 Å². The molecular weight excluding hydrogens is 404 g/mol. The molecule has 0 atom stereocenters. The Balaban J connectivity index is 1.76. The molecule has 0 saturated heterocycles. The number of halogens is 1. The van der Waals surface area contributed by atoms with Gasteiger partial charge in [-0.05, 0) is 35.9 Å². The maximum absolute atomic E-state index is 13.1. The Hall–Kier alpha value is -3.71. The third-order valence-corrected chi connectivity index (χ3v) is 4.82. The topological polar surface area (TPSA) is 86.0 Å². The van der Waals surface area contributed by atoms with Crippen LogP contribution in [-0.2, 0) is 17.9 Å². The van der Waals surface area contributed by atoms with E-state index in [1.54, 1.807) is 36.4 Å². The second kappa shape index (κ2) is 8.34. The first-order valence-electron chi connectivity index (χ1n) is 9.20. The average molecular weight is 421 g/mol. The van der Waals surface area contributed by atoms with Gasteiger partial charge in [0, 0.05) is 16.9 Å². The van der Waals surface area contributed by atoms with Crippen molar-refractivity contribution < 1.29 is 4.79 Å². The van der Waals surface area contributed by atoms with Crippen LogP contribution in [0.3, 0.4) is 0 Å². The molecule has 2 aromatic heterocycles. The fourth-order valence-electron chi connectivity index (χ4n) is 3.21. The summed E-state index contributed by atoms with van der Waals surface area (Å²) in [5.74, 6) is -0.422. The minimum absolute atomic E-state index is 0.0843. The minimum Gasteiger partial charge on any atom is -0.324 e. The number of hydrogen-bond donors (Lipinski definition) is 1. The molecule has 7 nitrogen and oxygen atoms in total. The highest BCUT2D eigenvalue weighted by atomic mass is 35.5. The summed E-state index contributed by atoms with van der Waals surface area (Å²) in [5.41, 5.74) is 0.667. The highest BCUT2D eigenvalue weighted by Crippen LogP contribution is 2.15.